The van der Waals surface area contributed by atoms with Crippen molar-refractivity contribution in [1.82, 2.24) is 0 Å². The van der Waals surface area contributed by atoms with Gasteiger partial charge in [-0.3, -0.25) is 9.59 Å². The van der Waals surface area contributed by atoms with Crippen LogP contribution in [-0.2, 0) is 9.59 Å². The first kappa shape index (κ1) is 19.4. The highest BCUT2D eigenvalue weighted by Gasteiger charge is 2.23. The average molecular weight is 430 g/mol. The molecule has 142 valence electrons. The van der Waals surface area contributed by atoms with E-state index in [1.54, 1.807) is 0 Å². The molecule has 0 unspecified atom stereocenters. The first-order chi connectivity index (χ1) is 12.8. The van der Waals surface area contributed by atoms with Crippen molar-refractivity contribution < 1.29 is 9.59 Å². The highest BCUT2D eigenvalue weighted by molar-refractivity contribution is 9.10. The van der Waals surface area contributed by atoms with Gasteiger partial charge in [0.15, 0.2) is 0 Å². The quantitative estimate of drug-likeness (QED) is 0.727. The summed E-state index contributed by atoms with van der Waals surface area (Å²) >= 11 is 3.48. The number of hydrogen-bond donors (Lipinski definition) is 2. The number of benzene rings is 2. The maximum atomic E-state index is 12.5. The van der Waals surface area contributed by atoms with Crippen LogP contribution in [0.2, 0.25) is 0 Å². The Morgan fingerprint density at radius 1 is 1.19 bits per heavy atom. The van der Waals surface area contributed by atoms with Crippen molar-refractivity contribution in [2.75, 3.05) is 22.1 Å². The fourth-order valence-corrected chi connectivity index (χ4v) is 3.82. The molecule has 6 heteroatoms. The molecule has 1 heterocycles. The first-order valence-electron chi connectivity index (χ1n) is 9.09. The van der Waals surface area contributed by atoms with Gasteiger partial charge in [-0.1, -0.05) is 6.07 Å². The van der Waals surface area contributed by atoms with E-state index in [0.717, 1.165) is 45.6 Å². The Morgan fingerprint density at radius 2 is 1.96 bits per heavy atom. The van der Waals surface area contributed by atoms with E-state index in [1.807, 2.05) is 62.1 Å². The molecule has 1 saturated heterocycles. The van der Waals surface area contributed by atoms with E-state index < -0.39 is 6.04 Å². The minimum absolute atomic E-state index is 0.115. The number of amides is 2. The summed E-state index contributed by atoms with van der Waals surface area (Å²) in [5.74, 6) is 0.0613. The molecule has 5 nitrogen and oxygen atoms in total. The van der Waals surface area contributed by atoms with Crippen LogP contribution in [0.4, 0.5) is 17.1 Å². The minimum Gasteiger partial charge on any atom is -0.374 e. The Bertz CT molecular complexity index is 882. The molecule has 0 aliphatic carbocycles. The van der Waals surface area contributed by atoms with Crippen molar-refractivity contribution in [1.29, 1.82) is 0 Å². The third-order valence-corrected chi connectivity index (χ3v) is 5.38. The predicted molar refractivity (Wildman–Crippen MR) is 113 cm³/mol. The lowest BCUT2D eigenvalue weighted by atomic mass is 10.1. The van der Waals surface area contributed by atoms with E-state index >= 15 is 0 Å². The van der Waals surface area contributed by atoms with Gasteiger partial charge in [-0.05, 0) is 84.6 Å². The van der Waals surface area contributed by atoms with Crippen molar-refractivity contribution in [3.05, 3.63) is 52.0 Å². The Labute approximate surface area is 168 Å². The van der Waals surface area contributed by atoms with E-state index in [2.05, 4.69) is 26.6 Å². The van der Waals surface area contributed by atoms with Crippen LogP contribution in [0.5, 0.6) is 0 Å². The molecule has 3 rings (SSSR count). The average Bonchev–Trinajstić information content (AvgIpc) is 3.03. The van der Waals surface area contributed by atoms with Gasteiger partial charge in [0.1, 0.15) is 6.04 Å². The van der Waals surface area contributed by atoms with Crippen LogP contribution in [0.3, 0.4) is 0 Å². The number of carbonyl (C=O) groups is 2. The van der Waals surface area contributed by atoms with Crippen molar-refractivity contribution in [2.45, 2.75) is 39.7 Å². The summed E-state index contributed by atoms with van der Waals surface area (Å²) in [5, 5.41) is 6.16. The van der Waals surface area contributed by atoms with Crippen LogP contribution >= 0.6 is 15.9 Å². The molecule has 1 aliphatic rings. The third kappa shape index (κ3) is 4.50. The Balaban J connectivity index is 1.66. The van der Waals surface area contributed by atoms with Gasteiger partial charge in [0.05, 0.1) is 5.69 Å². The maximum Gasteiger partial charge on any atom is 0.246 e. The molecule has 0 aromatic heterocycles. The maximum absolute atomic E-state index is 12.5. The van der Waals surface area contributed by atoms with E-state index in [1.165, 1.54) is 0 Å². The summed E-state index contributed by atoms with van der Waals surface area (Å²) in [6, 6.07) is 11.2. The predicted octanol–water partition coefficient (Wildman–Crippen LogP) is 4.63. The molecule has 2 aromatic rings. The lowest BCUT2D eigenvalue weighted by molar-refractivity contribution is -0.117. The van der Waals surface area contributed by atoms with Gasteiger partial charge >= 0.3 is 0 Å². The van der Waals surface area contributed by atoms with Crippen molar-refractivity contribution >= 4 is 44.8 Å². The second-order valence-electron chi connectivity index (χ2n) is 6.99. The molecule has 0 radical (unpaired) electrons. The standard InChI is InChI=1S/C21H24BrN3O2/c1-13-6-8-18(17(22)11-13)24-21(27)15(3)23-16-7-9-19(14(2)12-16)25-10-4-5-20(25)26/h6-9,11-12,15,23H,4-5,10H2,1-3H3,(H,24,27)/t15-/m0/s1. The number of rotatable bonds is 5. The van der Waals surface area contributed by atoms with Gasteiger partial charge in [-0.15, -0.1) is 0 Å². The summed E-state index contributed by atoms with van der Waals surface area (Å²) in [7, 11) is 0. The zero-order chi connectivity index (χ0) is 19.6. The first-order valence-corrected chi connectivity index (χ1v) is 9.89. The number of halogens is 1. The molecule has 0 spiro atoms. The molecular formula is C21H24BrN3O2. The zero-order valence-corrected chi connectivity index (χ0v) is 17.4. The van der Waals surface area contributed by atoms with Gasteiger partial charge < -0.3 is 15.5 Å². The van der Waals surface area contributed by atoms with E-state index in [0.29, 0.717) is 6.42 Å². The van der Waals surface area contributed by atoms with Gasteiger partial charge in [0, 0.05) is 28.8 Å². The Hall–Kier alpha value is -2.34. The molecule has 1 atom stereocenters. The molecule has 0 saturated carbocycles. The van der Waals surface area contributed by atoms with Crippen LogP contribution in [0.1, 0.15) is 30.9 Å². The molecule has 1 aliphatic heterocycles. The molecule has 0 bridgehead atoms. The minimum atomic E-state index is -0.406. The number of nitrogens with zero attached hydrogens (tertiary/aromatic N) is 1. The van der Waals surface area contributed by atoms with E-state index in [-0.39, 0.29) is 11.8 Å². The lowest BCUT2D eigenvalue weighted by Gasteiger charge is -2.21. The number of anilines is 3. The van der Waals surface area contributed by atoms with Crippen LogP contribution in [0.15, 0.2) is 40.9 Å². The van der Waals surface area contributed by atoms with Crippen molar-refractivity contribution in [3.63, 3.8) is 0 Å². The number of nitrogens with one attached hydrogen (secondary N) is 2. The molecule has 1 fully saturated rings. The SMILES string of the molecule is Cc1ccc(NC(=O)[C@H](C)Nc2ccc(N3CCCC3=O)c(C)c2)c(Br)c1. The molecular weight excluding hydrogens is 406 g/mol. The molecule has 2 N–H and O–H groups in total. The van der Waals surface area contributed by atoms with E-state index in [9.17, 15) is 9.59 Å². The largest absolute Gasteiger partial charge is 0.374 e. The fraction of sp³-hybridized carbons (Fsp3) is 0.333. The third-order valence-electron chi connectivity index (χ3n) is 4.72. The van der Waals surface area contributed by atoms with Gasteiger partial charge in [-0.2, -0.15) is 0 Å². The number of carbonyl (C=O) groups excluding carboxylic acids is 2. The highest BCUT2D eigenvalue weighted by Crippen LogP contribution is 2.28. The molecule has 2 amide bonds. The summed E-state index contributed by atoms with van der Waals surface area (Å²) in [6.07, 6.45) is 1.52. The van der Waals surface area contributed by atoms with Crippen molar-refractivity contribution in [2.24, 2.45) is 0 Å². The van der Waals surface area contributed by atoms with Gasteiger partial charge in [0.2, 0.25) is 11.8 Å². The number of aryl methyl sites for hydroxylation is 2. The summed E-state index contributed by atoms with van der Waals surface area (Å²) in [6.45, 7) is 6.59. The smallest absolute Gasteiger partial charge is 0.246 e. The van der Waals surface area contributed by atoms with Crippen molar-refractivity contribution in [3.8, 4) is 0 Å². The summed E-state index contributed by atoms with van der Waals surface area (Å²) < 4.78 is 0.860. The zero-order valence-electron chi connectivity index (χ0n) is 15.8. The highest BCUT2D eigenvalue weighted by atomic mass is 79.9. The Morgan fingerprint density at radius 3 is 2.59 bits per heavy atom. The van der Waals surface area contributed by atoms with Crippen LogP contribution in [0.25, 0.3) is 0 Å². The monoisotopic (exact) mass is 429 g/mol. The van der Waals surface area contributed by atoms with Gasteiger partial charge in [0.25, 0.3) is 0 Å². The second kappa shape index (κ2) is 8.13. The fourth-order valence-electron chi connectivity index (χ4n) is 3.23. The van der Waals surface area contributed by atoms with Crippen LogP contribution in [-0.4, -0.2) is 24.4 Å². The topological polar surface area (TPSA) is 61.4 Å². The number of hydrogen-bond acceptors (Lipinski definition) is 3. The summed E-state index contributed by atoms with van der Waals surface area (Å²) in [4.78, 5) is 26.3. The van der Waals surface area contributed by atoms with Crippen LogP contribution < -0.4 is 15.5 Å². The van der Waals surface area contributed by atoms with E-state index in [4.69, 9.17) is 0 Å². The molecule has 2 aromatic carbocycles. The molecule has 27 heavy (non-hydrogen) atoms. The summed E-state index contributed by atoms with van der Waals surface area (Å²) in [5.41, 5.74) is 4.69. The lowest BCUT2D eigenvalue weighted by Crippen LogP contribution is -2.32. The van der Waals surface area contributed by atoms with Gasteiger partial charge in [-0.25, -0.2) is 0 Å². The second-order valence-corrected chi connectivity index (χ2v) is 7.84. The normalized spacial score (nSPS) is 15.0. The Kier molecular flexibility index (Phi) is 5.85. The van der Waals surface area contributed by atoms with Crippen LogP contribution in [0, 0.1) is 13.8 Å².